The lowest BCUT2D eigenvalue weighted by Crippen LogP contribution is -2.44. The molecular formula is C21H35NO4. The lowest BCUT2D eigenvalue weighted by molar-refractivity contribution is 0.0163. The van der Waals surface area contributed by atoms with Crippen LogP contribution in [0.4, 0.5) is 4.79 Å². The van der Waals surface area contributed by atoms with Crippen molar-refractivity contribution in [2.45, 2.75) is 78.6 Å². The van der Waals surface area contributed by atoms with Crippen LogP contribution in [0.2, 0.25) is 0 Å². The average molecular weight is 368 g/mol. The van der Waals surface area contributed by atoms with Crippen molar-refractivity contribution in [2.24, 2.45) is 5.92 Å². The van der Waals surface area contributed by atoms with E-state index in [4.69, 9.17) is 12.2 Å². The molecule has 5 nitrogen and oxygen atoms in total. The molecule has 2 atom stereocenters. The Morgan fingerprint density at radius 2 is 1.81 bits per heavy atom. The lowest BCUT2D eigenvalue weighted by atomic mass is 9.92. The van der Waals surface area contributed by atoms with Crippen LogP contribution in [0.5, 0.6) is 5.75 Å². The van der Waals surface area contributed by atoms with Crippen LogP contribution in [0, 0.1) is 5.92 Å². The summed E-state index contributed by atoms with van der Waals surface area (Å²) in [6.07, 6.45) is 0.989. The van der Waals surface area contributed by atoms with E-state index in [0.717, 1.165) is 12.8 Å². The highest BCUT2D eigenvalue weighted by atomic mass is 16.6. The molecule has 0 spiro atoms. The van der Waals surface area contributed by atoms with E-state index in [0.29, 0.717) is 11.3 Å². The van der Waals surface area contributed by atoms with Crippen molar-refractivity contribution in [3.8, 4) is 5.75 Å². The maximum absolute atomic E-state index is 12.2. The third-order valence-electron chi connectivity index (χ3n) is 3.68. The van der Waals surface area contributed by atoms with Crippen molar-refractivity contribution in [1.82, 2.24) is 5.32 Å². The number of ether oxygens (including phenoxy) is 2. The minimum absolute atomic E-state index is 0.241. The minimum Gasteiger partial charge on any atom is -0.493 e. The molecule has 1 rings (SSSR count). The summed E-state index contributed by atoms with van der Waals surface area (Å²) >= 11 is 0. The first-order valence-corrected chi connectivity index (χ1v) is 9.16. The van der Waals surface area contributed by atoms with Crippen LogP contribution in [0.3, 0.4) is 0 Å². The van der Waals surface area contributed by atoms with E-state index in [1.54, 1.807) is 58.9 Å². The molecule has 0 heterocycles. The minimum atomic E-state index is -1.78. The van der Waals surface area contributed by atoms with E-state index in [-0.39, 0.29) is 5.92 Å². The van der Waals surface area contributed by atoms with E-state index in [1.165, 1.54) is 0 Å². The monoisotopic (exact) mass is 367 g/mol. The number of amides is 1. The quantitative estimate of drug-likeness (QED) is 0.690. The molecule has 0 saturated heterocycles. The van der Waals surface area contributed by atoms with Crippen LogP contribution in [-0.2, 0) is 4.74 Å². The third-order valence-corrected chi connectivity index (χ3v) is 3.68. The summed E-state index contributed by atoms with van der Waals surface area (Å²) in [5.74, 6) is 0.151. The van der Waals surface area contributed by atoms with Gasteiger partial charge in [0.15, 0.2) is 0 Å². The zero-order chi connectivity index (χ0) is 21.8. The molecule has 1 amide bonds. The van der Waals surface area contributed by atoms with E-state index in [1.807, 2.05) is 13.8 Å². The molecule has 0 saturated carbocycles. The van der Waals surface area contributed by atoms with Crippen LogP contribution in [0.25, 0.3) is 0 Å². The summed E-state index contributed by atoms with van der Waals surface area (Å²) < 4.78 is 27.1. The fourth-order valence-electron chi connectivity index (χ4n) is 2.48. The maximum Gasteiger partial charge on any atom is 0.408 e. The first kappa shape index (κ1) is 19.0. The van der Waals surface area contributed by atoms with Gasteiger partial charge in [0.25, 0.3) is 0 Å². The number of rotatable bonds is 8. The van der Waals surface area contributed by atoms with Gasteiger partial charge in [-0.15, -0.1) is 0 Å². The van der Waals surface area contributed by atoms with Gasteiger partial charge in [-0.1, -0.05) is 32.4 Å². The summed E-state index contributed by atoms with van der Waals surface area (Å²) in [4.78, 5) is 12.2. The molecular weight excluding hydrogens is 330 g/mol. The molecule has 0 aliphatic carbocycles. The summed E-state index contributed by atoms with van der Waals surface area (Å²) in [6.45, 7) is 10.6. The zero-order valence-corrected chi connectivity index (χ0v) is 17.1. The van der Waals surface area contributed by atoms with E-state index < -0.39 is 29.9 Å². The van der Waals surface area contributed by atoms with E-state index >= 15 is 0 Å². The molecule has 5 heteroatoms. The molecule has 0 aliphatic rings. The first-order valence-electron chi connectivity index (χ1n) is 10.2. The smallest absolute Gasteiger partial charge is 0.408 e. The second-order valence-corrected chi connectivity index (χ2v) is 8.21. The van der Waals surface area contributed by atoms with Crippen molar-refractivity contribution < 1.29 is 22.1 Å². The van der Waals surface area contributed by atoms with Gasteiger partial charge >= 0.3 is 6.09 Å². The van der Waals surface area contributed by atoms with Crippen molar-refractivity contribution >= 4 is 6.09 Å². The predicted molar refractivity (Wildman–Crippen MR) is 104 cm³/mol. The number of aliphatic hydroxyl groups is 1. The van der Waals surface area contributed by atoms with Gasteiger partial charge in [0, 0.05) is 0 Å². The SMILES string of the molecule is [2H]C([2H])(Oc1ccc([C@@H](NC(=O)OC(C)(C)C)C(C)(C)O)cc1)[C@@H](C)CCC. The number of benzene rings is 1. The molecule has 0 aromatic heterocycles. The summed E-state index contributed by atoms with van der Waals surface area (Å²) in [6, 6.07) is 5.99. The first-order chi connectivity index (χ1) is 12.7. The Balaban J connectivity index is 2.96. The molecule has 0 fully saturated rings. The highest BCUT2D eigenvalue weighted by Gasteiger charge is 2.31. The average Bonchev–Trinajstić information content (AvgIpc) is 2.51. The summed E-state index contributed by atoms with van der Waals surface area (Å²) in [5.41, 5.74) is -1.22. The van der Waals surface area contributed by atoms with Crippen molar-refractivity contribution in [2.75, 3.05) is 6.56 Å². The molecule has 148 valence electrons. The number of hydrogen-bond donors (Lipinski definition) is 2. The maximum atomic E-state index is 12.2. The van der Waals surface area contributed by atoms with Gasteiger partial charge in [0.05, 0.1) is 20.9 Å². The Hall–Kier alpha value is -1.75. The number of nitrogens with one attached hydrogen (secondary N) is 1. The van der Waals surface area contributed by atoms with Crippen LogP contribution < -0.4 is 10.1 Å². The van der Waals surface area contributed by atoms with Crippen molar-refractivity contribution in [3.63, 3.8) is 0 Å². The molecule has 0 radical (unpaired) electrons. The van der Waals surface area contributed by atoms with Gasteiger partial charge in [-0.3, -0.25) is 0 Å². The lowest BCUT2D eigenvalue weighted by Gasteiger charge is -2.31. The standard InChI is InChI=1S/C21H35NO4/c1-8-9-15(2)14-25-17-12-10-16(11-13-17)18(21(6,7)24)22-19(23)26-20(3,4)5/h10-13,15,18,24H,8-9,14H2,1-7H3,(H,22,23)/t15-,18+/m0/s1/i14D2. The molecule has 1 aromatic carbocycles. The second-order valence-electron chi connectivity index (χ2n) is 8.21. The fraction of sp³-hybridized carbons (Fsp3) is 0.667. The number of carbonyl (C=O) groups is 1. The normalized spacial score (nSPS) is 16.2. The fourth-order valence-corrected chi connectivity index (χ4v) is 2.48. The van der Waals surface area contributed by atoms with Crippen molar-refractivity contribution in [3.05, 3.63) is 29.8 Å². The Morgan fingerprint density at radius 3 is 2.27 bits per heavy atom. The van der Waals surface area contributed by atoms with E-state index in [9.17, 15) is 9.90 Å². The summed E-state index contributed by atoms with van der Waals surface area (Å²) in [5, 5.41) is 13.2. The van der Waals surface area contributed by atoms with Gasteiger partial charge in [0.2, 0.25) is 0 Å². The topological polar surface area (TPSA) is 67.8 Å². The van der Waals surface area contributed by atoms with E-state index in [2.05, 4.69) is 5.32 Å². The molecule has 0 aliphatic heterocycles. The Morgan fingerprint density at radius 1 is 1.23 bits per heavy atom. The van der Waals surface area contributed by atoms with Crippen LogP contribution in [-0.4, -0.2) is 29.0 Å². The molecule has 1 aromatic rings. The highest BCUT2D eigenvalue weighted by Crippen LogP contribution is 2.28. The molecule has 2 N–H and O–H groups in total. The van der Waals surface area contributed by atoms with Crippen molar-refractivity contribution in [1.29, 1.82) is 0 Å². The highest BCUT2D eigenvalue weighted by molar-refractivity contribution is 5.68. The number of hydrogen-bond acceptors (Lipinski definition) is 4. The Bertz CT molecular complexity index is 633. The van der Waals surface area contributed by atoms with Crippen LogP contribution in [0.1, 0.15) is 75.7 Å². The van der Waals surface area contributed by atoms with Gasteiger partial charge < -0.3 is 19.9 Å². The van der Waals surface area contributed by atoms with Gasteiger partial charge in [-0.25, -0.2) is 4.79 Å². The van der Waals surface area contributed by atoms with Gasteiger partial charge in [0.1, 0.15) is 11.4 Å². The van der Waals surface area contributed by atoms with Crippen LogP contribution in [0.15, 0.2) is 24.3 Å². The number of alkyl carbamates (subject to hydrolysis) is 1. The number of carbonyl (C=O) groups excluding carboxylic acids is 1. The summed E-state index contributed by atoms with van der Waals surface area (Å²) in [7, 11) is 0. The second kappa shape index (κ2) is 9.26. The van der Waals surface area contributed by atoms with Crippen LogP contribution >= 0.6 is 0 Å². The van der Waals surface area contributed by atoms with Gasteiger partial charge in [-0.2, -0.15) is 0 Å². The Labute approximate surface area is 160 Å². The zero-order valence-electron chi connectivity index (χ0n) is 19.1. The largest absolute Gasteiger partial charge is 0.493 e. The Kier molecular flexibility index (Phi) is 6.78. The molecule has 0 bridgehead atoms. The molecule has 0 unspecified atom stereocenters. The predicted octanol–water partition coefficient (Wildman–Crippen LogP) is 4.84. The third kappa shape index (κ3) is 8.09. The van der Waals surface area contributed by atoms with Gasteiger partial charge in [-0.05, 0) is 64.7 Å². The molecule has 26 heavy (non-hydrogen) atoms.